The van der Waals surface area contributed by atoms with Gasteiger partial charge < -0.3 is 19.3 Å². The summed E-state index contributed by atoms with van der Waals surface area (Å²) < 4.78 is 16.9. The van der Waals surface area contributed by atoms with Gasteiger partial charge in [0.1, 0.15) is 11.9 Å². The minimum Gasteiger partial charge on any atom is -0.478 e. The Morgan fingerprint density at radius 3 is 1.96 bits per heavy atom. The highest BCUT2D eigenvalue weighted by Gasteiger charge is 2.19. The summed E-state index contributed by atoms with van der Waals surface area (Å²) in [5.74, 6) is -1.21. The van der Waals surface area contributed by atoms with E-state index in [0.29, 0.717) is 35.7 Å². The van der Waals surface area contributed by atoms with Crippen molar-refractivity contribution >= 4 is 17.7 Å². The second-order valence-corrected chi connectivity index (χ2v) is 11.5. The van der Waals surface area contributed by atoms with Crippen molar-refractivity contribution in [2.75, 3.05) is 13.2 Å². The number of ether oxygens (including phenoxy) is 3. The maximum Gasteiger partial charge on any atom is 0.340 e. The highest BCUT2D eigenvalue weighted by molar-refractivity contribution is 6.01. The van der Waals surface area contributed by atoms with Gasteiger partial charge in [0.25, 0.3) is 0 Å². The van der Waals surface area contributed by atoms with Crippen LogP contribution in [0.5, 0.6) is 5.75 Å². The van der Waals surface area contributed by atoms with Gasteiger partial charge in [-0.25, -0.2) is 9.59 Å². The molecule has 0 aromatic heterocycles. The fourth-order valence-corrected chi connectivity index (χ4v) is 5.05. The van der Waals surface area contributed by atoms with Crippen LogP contribution in [0.3, 0.4) is 0 Å². The van der Waals surface area contributed by atoms with Gasteiger partial charge in [0.05, 0.1) is 5.56 Å². The van der Waals surface area contributed by atoms with E-state index in [4.69, 9.17) is 14.2 Å². The number of benzene rings is 3. The smallest absolute Gasteiger partial charge is 0.340 e. The minimum absolute atomic E-state index is 0.106. The normalized spacial score (nSPS) is 12.3. The maximum absolute atomic E-state index is 12.9. The molecule has 3 rings (SSSR count). The number of carboxylic acids is 1. The number of allylic oxidation sites excluding steroid dienone is 1. The number of hydrogen-bond donors (Lipinski definition) is 1. The van der Waals surface area contributed by atoms with E-state index in [2.05, 4.69) is 13.5 Å². The van der Waals surface area contributed by atoms with Crippen LogP contribution >= 0.6 is 0 Å². The molecule has 0 radical (unpaired) electrons. The Labute approximate surface area is 273 Å². The summed E-state index contributed by atoms with van der Waals surface area (Å²) in [6, 6.07) is 19.2. The summed E-state index contributed by atoms with van der Waals surface area (Å²) in [5, 5.41) is 9.88. The molecule has 46 heavy (non-hydrogen) atoms. The van der Waals surface area contributed by atoms with Gasteiger partial charge in [0, 0.05) is 18.8 Å². The summed E-state index contributed by atoms with van der Waals surface area (Å²) in [7, 11) is 0. The Morgan fingerprint density at radius 2 is 1.33 bits per heavy atom. The average Bonchev–Trinajstić information content (AvgIpc) is 3.07. The predicted molar refractivity (Wildman–Crippen MR) is 182 cm³/mol. The Kier molecular flexibility index (Phi) is 15.4. The summed E-state index contributed by atoms with van der Waals surface area (Å²) in [4.78, 5) is 37.5. The number of carbonyl (C=O) groups excluding carboxylic acids is 2. The molecule has 0 heterocycles. The zero-order chi connectivity index (χ0) is 33.3. The molecule has 2 unspecified atom stereocenters. The van der Waals surface area contributed by atoms with E-state index in [1.807, 2.05) is 24.3 Å². The molecule has 0 aliphatic heterocycles. The third kappa shape index (κ3) is 11.4. The third-order valence-electron chi connectivity index (χ3n) is 7.87. The highest BCUT2D eigenvalue weighted by Crippen LogP contribution is 2.31. The number of rotatable bonds is 21. The Balaban J connectivity index is 1.64. The highest BCUT2D eigenvalue weighted by atomic mass is 16.6. The number of aromatic carboxylic acids is 1. The molecular formula is C39H48O7. The monoisotopic (exact) mass is 628 g/mol. The largest absolute Gasteiger partial charge is 0.478 e. The lowest BCUT2D eigenvalue weighted by atomic mass is 9.93. The number of esters is 1. The molecule has 0 spiro atoms. The van der Waals surface area contributed by atoms with E-state index in [-0.39, 0.29) is 11.3 Å². The van der Waals surface area contributed by atoms with Crippen molar-refractivity contribution in [3.05, 3.63) is 90.5 Å². The first-order valence-electron chi connectivity index (χ1n) is 16.4. The molecule has 246 valence electrons. The number of unbranched alkanes of at least 4 members (excludes halogenated alkanes) is 7. The zero-order valence-corrected chi connectivity index (χ0v) is 27.5. The number of carboxylic acid groups (broad SMARTS) is 1. The van der Waals surface area contributed by atoms with Gasteiger partial charge >= 0.3 is 11.9 Å². The van der Waals surface area contributed by atoms with Gasteiger partial charge in [-0.2, -0.15) is 0 Å². The van der Waals surface area contributed by atoms with Crippen LogP contribution in [0.1, 0.15) is 99.3 Å². The van der Waals surface area contributed by atoms with E-state index < -0.39 is 24.1 Å². The molecule has 7 nitrogen and oxygen atoms in total. The number of Topliss-reactive ketones (excluding diaryl/α,β-unsaturated/α-hetero) is 1. The van der Waals surface area contributed by atoms with Crippen LogP contribution in [0, 0.1) is 0 Å². The zero-order valence-electron chi connectivity index (χ0n) is 27.5. The first-order valence-corrected chi connectivity index (χ1v) is 16.4. The van der Waals surface area contributed by atoms with Crippen LogP contribution in [-0.2, 0) is 14.3 Å². The van der Waals surface area contributed by atoms with Gasteiger partial charge in [-0.15, -0.1) is 6.58 Å². The molecule has 3 aromatic rings. The molecule has 7 heteroatoms. The number of hydrogen-bond acceptors (Lipinski definition) is 6. The molecule has 0 aliphatic rings. The fourth-order valence-electron chi connectivity index (χ4n) is 5.05. The summed E-state index contributed by atoms with van der Waals surface area (Å²) in [6.45, 7) is 10.4. The topological polar surface area (TPSA) is 99.1 Å². The van der Waals surface area contributed by atoms with E-state index in [1.54, 1.807) is 62.4 Å². The fraction of sp³-hybridized carbons (Fsp3) is 0.410. The van der Waals surface area contributed by atoms with Gasteiger partial charge in [-0.05, 0) is 86.1 Å². The molecule has 0 saturated heterocycles. The second kappa shape index (κ2) is 19.4. The first-order chi connectivity index (χ1) is 22.2. The lowest BCUT2D eigenvalue weighted by Crippen LogP contribution is -2.26. The molecule has 0 saturated carbocycles. The quantitative estimate of drug-likeness (QED) is 0.0413. The lowest BCUT2D eigenvalue weighted by molar-refractivity contribution is -0.146. The lowest BCUT2D eigenvalue weighted by Gasteiger charge is -2.14. The molecular weight excluding hydrogens is 580 g/mol. The van der Waals surface area contributed by atoms with Gasteiger partial charge in [-0.3, -0.25) is 4.79 Å². The van der Waals surface area contributed by atoms with Gasteiger partial charge in [0.2, 0.25) is 0 Å². The molecule has 0 aliphatic carbocycles. The van der Waals surface area contributed by atoms with Crippen molar-refractivity contribution in [1.29, 1.82) is 0 Å². The number of carbonyl (C=O) groups is 3. The molecule has 0 fully saturated rings. The third-order valence-corrected chi connectivity index (χ3v) is 7.87. The second-order valence-electron chi connectivity index (χ2n) is 11.5. The van der Waals surface area contributed by atoms with Crippen molar-refractivity contribution in [2.45, 2.75) is 90.8 Å². The van der Waals surface area contributed by atoms with E-state index in [9.17, 15) is 19.5 Å². The maximum atomic E-state index is 12.9. The van der Waals surface area contributed by atoms with Crippen LogP contribution < -0.4 is 4.74 Å². The standard InChI is InChI=1S/C39H48O7/c1-5-7-9-11-12-14-26-45-29(4)39(43)46-34-22-19-30(20-23-34)33-21-24-35(38(41)42)36(27-33)31-15-17-32(18-16-31)37(40)28(3)44-25-13-10-8-6-2/h5,15-24,27-29H,1,6-14,25-26H2,2-4H3,(H,41,42). The Bertz CT molecular complexity index is 1410. The molecule has 3 aromatic carbocycles. The minimum atomic E-state index is -1.04. The van der Waals surface area contributed by atoms with Gasteiger partial charge in [0.15, 0.2) is 11.9 Å². The molecule has 2 atom stereocenters. The van der Waals surface area contributed by atoms with E-state index in [1.165, 1.54) is 0 Å². The first kappa shape index (κ1) is 36.4. The summed E-state index contributed by atoms with van der Waals surface area (Å²) >= 11 is 0. The van der Waals surface area contributed by atoms with Crippen LogP contribution in [0.2, 0.25) is 0 Å². The van der Waals surface area contributed by atoms with Crippen LogP contribution in [-0.4, -0.2) is 48.3 Å². The Hall–Kier alpha value is -4.07. The van der Waals surface area contributed by atoms with Crippen LogP contribution in [0.15, 0.2) is 79.4 Å². The number of ketones is 1. The van der Waals surface area contributed by atoms with Gasteiger partial charge in [-0.1, -0.05) is 87.6 Å². The van der Waals surface area contributed by atoms with E-state index in [0.717, 1.165) is 68.9 Å². The molecule has 0 bridgehead atoms. The van der Waals surface area contributed by atoms with Crippen molar-refractivity contribution in [3.63, 3.8) is 0 Å². The van der Waals surface area contributed by atoms with Crippen LogP contribution in [0.25, 0.3) is 22.3 Å². The summed E-state index contributed by atoms with van der Waals surface area (Å²) in [5.41, 5.74) is 3.51. The predicted octanol–water partition coefficient (Wildman–Crippen LogP) is 9.33. The molecule has 0 amide bonds. The van der Waals surface area contributed by atoms with Crippen molar-refractivity contribution in [3.8, 4) is 28.0 Å². The average molecular weight is 629 g/mol. The SMILES string of the molecule is C=CCCCCCCOC(C)C(=O)Oc1ccc(-c2ccc(C(=O)O)c(-c3ccc(C(=O)C(C)OCCCCCC)cc3)c2)cc1. The van der Waals surface area contributed by atoms with E-state index >= 15 is 0 Å². The summed E-state index contributed by atoms with van der Waals surface area (Å²) in [6.07, 6.45) is 10.2. The molecule has 1 N–H and O–H groups in total. The van der Waals surface area contributed by atoms with Crippen molar-refractivity contribution < 1.29 is 33.7 Å². The van der Waals surface area contributed by atoms with Crippen molar-refractivity contribution in [1.82, 2.24) is 0 Å². The van der Waals surface area contributed by atoms with Crippen molar-refractivity contribution in [2.24, 2.45) is 0 Å². The van der Waals surface area contributed by atoms with Crippen LogP contribution in [0.4, 0.5) is 0 Å². The Morgan fingerprint density at radius 1 is 0.739 bits per heavy atom.